The minimum Gasteiger partial charge on any atom is -0.457 e. The van der Waals surface area contributed by atoms with Crippen LogP contribution >= 0.6 is 0 Å². The van der Waals surface area contributed by atoms with E-state index in [1.165, 1.54) is 13.8 Å². The Bertz CT molecular complexity index is 270. The fourth-order valence-electron chi connectivity index (χ4n) is 1.79. The van der Waals surface area contributed by atoms with Gasteiger partial charge < -0.3 is 24.4 Å². The van der Waals surface area contributed by atoms with Gasteiger partial charge in [-0.15, -0.1) is 0 Å². The van der Waals surface area contributed by atoms with Crippen LogP contribution < -0.4 is 0 Å². The molecule has 0 aromatic heterocycles. The lowest BCUT2D eigenvalue weighted by Crippen LogP contribution is -2.33. The summed E-state index contributed by atoms with van der Waals surface area (Å²) in [5, 5.41) is 18.8. The first-order valence-corrected chi connectivity index (χ1v) is 4.81. The van der Waals surface area contributed by atoms with Gasteiger partial charge in [-0.05, 0) is 13.8 Å². The molecule has 4 unspecified atom stereocenters. The molecule has 4 atom stereocenters. The van der Waals surface area contributed by atoms with Gasteiger partial charge in [0, 0.05) is 6.42 Å². The van der Waals surface area contributed by atoms with Crippen LogP contribution in [0.15, 0.2) is 0 Å². The normalized spacial score (nSPS) is 40.4. The summed E-state index contributed by atoms with van der Waals surface area (Å²) in [5.41, 5.74) is 0. The van der Waals surface area contributed by atoms with E-state index in [0.29, 0.717) is 6.42 Å². The second-order valence-electron chi connectivity index (χ2n) is 4.25. The van der Waals surface area contributed by atoms with Crippen LogP contribution in [0.25, 0.3) is 0 Å². The number of hydrogen-bond donors (Lipinski definition) is 2. The fourth-order valence-corrected chi connectivity index (χ4v) is 1.79. The molecule has 0 amide bonds. The molecule has 86 valence electrons. The van der Waals surface area contributed by atoms with E-state index in [0.717, 1.165) is 0 Å². The maximum Gasteiger partial charge on any atom is 0.338 e. The van der Waals surface area contributed by atoms with E-state index in [4.69, 9.17) is 14.2 Å². The third kappa shape index (κ3) is 2.12. The first-order chi connectivity index (χ1) is 6.87. The van der Waals surface area contributed by atoms with Gasteiger partial charge in [0.1, 0.15) is 12.2 Å². The maximum atomic E-state index is 10.9. The Morgan fingerprint density at radius 1 is 1.53 bits per heavy atom. The Morgan fingerprint density at radius 3 is 2.73 bits per heavy atom. The summed E-state index contributed by atoms with van der Waals surface area (Å²) in [5.74, 6) is -1.97. The Kier molecular flexibility index (Phi) is 2.46. The molecule has 0 aromatic rings. The van der Waals surface area contributed by atoms with Crippen molar-refractivity contribution in [2.45, 2.75) is 50.7 Å². The van der Waals surface area contributed by atoms with E-state index in [2.05, 4.69) is 0 Å². The highest BCUT2D eigenvalue weighted by molar-refractivity contribution is 5.77. The van der Waals surface area contributed by atoms with E-state index < -0.39 is 36.4 Å². The molecule has 0 spiro atoms. The molecule has 6 nitrogen and oxygen atoms in total. The number of rotatable bonds is 2. The average Bonchev–Trinajstić information content (AvgIpc) is 2.52. The summed E-state index contributed by atoms with van der Waals surface area (Å²) in [7, 11) is 0. The van der Waals surface area contributed by atoms with E-state index >= 15 is 0 Å². The van der Waals surface area contributed by atoms with Gasteiger partial charge in [0.05, 0.1) is 0 Å². The average molecular weight is 218 g/mol. The van der Waals surface area contributed by atoms with Crippen LogP contribution in [0.3, 0.4) is 0 Å². The van der Waals surface area contributed by atoms with E-state index in [1.807, 2.05) is 0 Å². The van der Waals surface area contributed by atoms with Gasteiger partial charge in [-0.25, -0.2) is 4.79 Å². The molecule has 2 aliphatic heterocycles. The predicted octanol–water partition coefficient (Wildman–Crippen LogP) is -0.867. The molecule has 0 aromatic carbocycles. The topological polar surface area (TPSA) is 85.2 Å². The quantitative estimate of drug-likeness (QED) is 0.463. The molecule has 6 heteroatoms. The standard InChI is InChI=1S/C9H14O6/c1-9(2,12)15-5-3-4-7(14-5)6(10)8(11)13-4/h4-7,10,12H,3H2,1-2H3. The second-order valence-corrected chi connectivity index (χ2v) is 4.25. The molecule has 0 radical (unpaired) electrons. The number of ether oxygens (including phenoxy) is 3. The van der Waals surface area contributed by atoms with Gasteiger partial charge in [0.25, 0.3) is 0 Å². The Hall–Kier alpha value is -0.690. The summed E-state index contributed by atoms with van der Waals surface area (Å²) >= 11 is 0. The molecular formula is C9H14O6. The van der Waals surface area contributed by atoms with Crippen molar-refractivity contribution in [2.75, 3.05) is 0 Å². The molecule has 2 heterocycles. The van der Waals surface area contributed by atoms with Gasteiger partial charge in [-0.2, -0.15) is 0 Å². The van der Waals surface area contributed by atoms with Crippen molar-refractivity contribution in [2.24, 2.45) is 0 Å². The van der Waals surface area contributed by atoms with Crippen molar-refractivity contribution in [3.63, 3.8) is 0 Å². The van der Waals surface area contributed by atoms with Gasteiger partial charge in [-0.3, -0.25) is 0 Å². The Morgan fingerprint density at radius 2 is 2.20 bits per heavy atom. The number of aliphatic hydroxyl groups is 2. The zero-order valence-corrected chi connectivity index (χ0v) is 8.54. The predicted molar refractivity (Wildman–Crippen MR) is 46.5 cm³/mol. The molecule has 0 saturated carbocycles. The number of carbonyl (C=O) groups excluding carboxylic acids is 1. The van der Waals surface area contributed by atoms with Crippen LogP contribution in [-0.4, -0.2) is 46.6 Å². The highest BCUT2D eigenvalue weighted by atomic mass is 16.8. The minimum atomic E-state index is -1.31. The van der Waals surface area contributed by atoms with Crippen LogP contribution in [0.4, 0.5) is 0 Å². The molecular weight excluding hydrogens is 204 g/mol. The zero-order valence-electron chi connectivity index (χ0n) is 8.54. The van der Waals surface area contributed by atoms with Gasteiger partial charge in [0.2, 0.25) is 0 Å². The second kappa shape index (κ2) is 3.41. The van der Waals surface area contributed by atoms with Crippen LogP contribution in [0, 0.1) is 0 Å². The smallest absolute Gasteiger partial charge is 0.338 e. The minimum absolute atomic E-state index is 0.331. The van der Waals surface area contributed by atoms with Crippen LogP contribution in [0.5, 0.6) is 0 Å². The van der Waals surface area contributed by atoms with Crippen molar-refractivity contribution in [1.29, 1.82) is 0 Å². The molecule has 2 saturated heterocycles. The molecule has 2 rings (SSSR count). The van der Waals surface area contributed by atoms with Gasteiger partial charge >= 0.3 is 5.97 Å². The molecule has 2 fully saturated rings. The van der Waals surface area contributed by atoms with Gasteiger partial charge in [-0.1, -0.05) is 0 Å². The van der Waals surface area contributed by atoms with Crippen LogP contribution in [0.2, 0.25) is 0 Å². The summed E-state index contributed by atoms with van der Waals surface area (Å²) in [6.45, 7) is 2.96. The van der Waals surface area contributed by atoms with E-state index in [9.17, 15) is 15.0 Å². The lowest BCUT2D eigenvalue weighted by atomic mass is 10.1. The first-order valence-electron chi connectivity index (χ1n) is 4.81. The third-order valence-corrected chi connectivity index (χ3v) is 2.34. The SMILES string of the molecule is CC(C)(O)OC1CC2OC(=O)C(O)C2O1. The van der Waals surface area contributed by atoms with Crippen LogP contribution in [0.1, 0.15) is 20.3 Å². The lowest BCUT2D eigenvalue weighted by Gasteiger charge is -2.23. The molecule has 2 N–H and O–H groups in total. The third-order valence-electron chi connectivity index (χ3n) is 2.34. The highest BCUT2D eigenvalue weighted by Gasteiger charge is 2.52. The largest absolute Gasteiger partial charge is 0.457 e. The number of esters is 1. The highest BCUT2D eigenvalue weighted by Crippen LogP contribution is 2.33. The number of carbonyl (C=O) groups is 1. The first kappa shape index (κ1) is 10.8. The maximum absolute atomic E-state index is 10.9. The summed E-state index contributed by atoms with van der Waals surface area (Å²) < 4.78 is 15.3. The van der Waals surface area contributed by atoms with Crippen molar-refractivity contribution in [1.82, 2.24) is 0 Å². The number of aliphatic hydroxyl groups excluding tert-OH is 1. The van der Waals surface area contributed by atoms with Crippen molar-refractivity contribution in [3.05, 3.63) is 0 Å². The molecule has 0 aliphatic carbocycles. The number of fused-ring (bicyclic) bond motifs is 1. The van der Waals surface area contributed by atoms with Gasteiger partial charge in [0.15, 0.2) is 18.2 Å². The van der Waals surface area contributed by atoms with E-state index in [-0.39, 0.29) is 0 Å². The Balaban J connectivity index is 1.95. The van der Waals surface area contributed by atoms with Crippen molar-refractivity contribution < 1.29 is 29.2 Å². The monoisotopic (exact) mass is 218 g/mol. The molecule has 2 aliphatic rings. The van der Waals surface area contributed by atoms with Crippen molar-refractivity contribution >= 4 is 5.97 Å². The number of hydrogen-bond acceptors (Lipinski definition) is 6. The summed E-state index contributed by atoms with van der Waals surface area (Å²) in [4.78, 5) is 10.9. The van der Waals surface area contributed by atoms with Crippen molar-refractivity contribution in [3.8, 4) is 0 Å². The zero-order chi connectivity index (χ0) is 11.2. The summed E-state index contributed by atoms with van der Waals surface area (Å²) in [6, 6.07) is 0. The lowest BCUT2D eigenvalue weighted by molar-refractivity contribution is -0.272. The summed E-state index contributed by atoms with van der Waals surface area (Å²) in [6.07, 6.45) is -2.71. The fraction of sp³-hybridized carbons (Fsp3) is 0.889. The molecule has 0 bridgehead atoms. The van der Waals surface area contributed by atoms with E-state index in [1.54, 1.807) is 0 Å². The Labute approximate surface area is 86.7 Å². The van der Waals surface area contributed by atoms with Crippen LogP contribution in [-0.2, 0) is 19.0 Å². The molecule has 15 heavy (non-hydrogen) atoms.